The minimum Gasteiger partial charge on any atom is -0.465 e. The summed E-state index contributed by atoms with van der Waals surface area (Å²) in [6, 6.07) is 5.31. The molecule has 0 saturated heterocycles. The Labute approximate surface area is 122 Å². The second kappa shape index (κ2) is 6.07. The molecule has 0 spiro atoms. The molecule has 2 aromatic rings. The molecular weight excluding hydrogens is 332 g/mol. The fourth-order valence-corrected chi connectivity index (χ4v) is 2.93. The predicted octanol–water partition coefficient (Wildman–Crippen LogP) is 1.83. The zero-order valence-corrected chi connectivity index (χ0v) is 12.4. The van der Waals surface area contributed by atoms with Gasteiger partial charge in [0.05, 0.1) is 12.7 Å². The van der Waals surface area contributed by atoms with Crippen LogP contribution in [0.5, 0.6) is 0 Å². The Morgan fingerprint density at radius 2 is 2.37 bits per heavy atom. The highest BCUT2D eigenvalue weighted by Crippen LogP contribution is 2.26. The molecule has 1 heterocycles. The Bertz CT molecular complexity index is 602. The van der Waals surface area contributed by atoms with Crippen molar-refractivity contribution in [2.75, 3.05) is 13.0 Å². The lowest BCUT2D eigenvalue weighted by molar-refractivity contribution is 0.0600. The average molecular weight is 343 g/mol. The minimum absolute atomic E-state index is 0.360. The van der Waals surface area contributed by atoms with Gasteiger partial charge in [-0.1, -0.05) is 33.8 Å². The van der Waals surface area contributed by atoms with E-state index in [1.807, 2.05) is 6.07 Å². The molecule has 6 nitrogen and oxygen atoms in total. The van der Waals surface area contributed by atoms with Crippen LogP contribution in [0.4, 0.5) is 0 Å². The van der Waals surface area contributed by atoms with Gasteiger partial charge >= 0.3 is 5.97 Å². The van der Waals surface area contributed by atoms with Gasteiger partial charge in [0, 0.05) is 10.2 Å². The Kier molecular flexibility index (Phi) is 4.43. The van der Waals surface area contributed by atoms with E-state index in [2.05, 4.69) is 30.9 Å². The minimum atomic E-state index is -0.360. The van der Waals surface area contributed by atoms with Crippen molar-refractivity contribution in [2.45, 2.75) is 10.9 Å². The Balaban J connectivity index is 2.09. The first-order valence-electron chi connectivity index (χ1n) is 5.26. The van der Waals surface area contributed by atoms with E-state index in [1.54, 1.807) is 12.1 Å². The number of carbonyl (C=O) groups is 1. The van der Waals surface area contributed by atoms with Gasteiger partial charge in [0.15, 0.2) is 0 Å². The third kappa shape index (κ3) is 3.27. The molecule has 0 aliphatic carbocycles. The molecule has 0 fully saturated rings. The van der Waals surface area contributed by atoms with Crippen LogP contribution in [0, 0.1) is 0 Å². The molecular formula is C11H11BrN4O2S. The van der Waals surface area contributed by atoms with Crippen LogP contribution >= 0.6 is 27.7 Å². The number of carbonyl (C=O) groups excluding carboxylic acids is 1. The van der Waals surface area contributed by atoms with Crippen molar-refractivity contribution < 1.29 is 9.53 Å². The number of ether oxygens (including phenoxy) is 1. The van der Waals surface area contributed by atoms with Gasteiger partial charge in [-0.3, -0.25) is 0 Å². The molecule has 0 radical (unpaired) electrons. The fraction of sp³-hybridized carbons (Fsp3) is 0.182. The van der Waals surface area contributed by atoms with Crippen molar-refractivity contribution in [3.8, 4) is 0 Å². The highest BCUT2D eigenvalue weighted by atomic mass is 79.9. The molecule has 0 saturated carbocycles. The number of nitrogen functional groups attached to an aromatic ring is 1. The third-order valence-corrected chi connectivity index (χ3v) is 4.12. The smallest absolute Gasteiger partial charge is 0.337 e. The monoisotopic (exact) mass is 342 g/mol. The van der Waals surface area contributed by atoms with Crippen LogP contribution in [0.1, 0.15) is 15.9 Å². The lowest BCUT2D eigenvalue weighted by atomic mass is 10.1. The molecule has 0 bridgehead atoms. The van der Waals surface area contributed by atoms with E-state index in [0.29, 0.717) is 16.5 Å². The maximum Gasteiger partial charge on any atom is 0.337 e. The SMILES string of the molecule is COC(=O)c1ccc(CSc2nncn2N)c(Br)c1. The third-order valence-electron chi connectivity index (χ3n) is 2.37. The van der Waals surface area contributed by atoms with Gasteiger partial charge in [-0.15, -0.1) is 10.2 Å². The molecule has 19 heavy (non-hydrogen) atoms. The van der Waals surface area contributed by atoms with Crippen molar-refractivity contribution in [1.82, 2.24) is 14.9 Å². The number of nitrogens with zero attached hydrogens (tertiary/aromatic N) is 3. The van der Waals surface area contributed by atoms with E-state index in [1.165, 1.54) is 29.9 Å². The molecule has 8 heteroatoms. The van der Waals surface area contributed by atoms with E-state index in [0.717, 1.165) is 10.0 Å². The van der Waals surface area contributed by atoms with Crippen LogP contribution in [0.2, 0.25) is 0 Å². The number of methoxy groups -OCH3 is 1. The Morgan fingerprint density at radius 1 is 1.58 bits per heavy atom. The molecule has 0 unspecified atom stereocenters. The van der Waals surface area contributed by atoms with E-state index < -0.39 is 0 Å². The van der Waals surface area contributed by atoms with Crippen molar-refractivity contribution in [3.05, 3.63) is 40.1 Å². The number of nitrogens with two attached hydrogens (primary N) is 1. The Morgan fingerprint density at radius 3 is 2.95 bits per heavy atom. The molecule has 100 valence electrons. The number of benzene rings is 1. The summed E-state index contributed by atoms with van der Waals surface area (Å²) in [4.78, 5) is 11.4. The zero-order valence-electron chi connectivity index (χ0n) is 10.0. The van der Waals surface area contributed by atoms with Gasteiger partial charge in [-0.05, 0) is 17.7 Å². The van der Waals surface area contributed by atoms with Crippen molar-refractivity contribution in [2.24, 2.45) is 0 Å². The largest absolute Gasteiger partial charge is 0.465 e. The second-order valence-corrected chi connectivity index (χ2v) is 5.40. The second-order valence-electron chi connectivity index (χ2n) is 3.61. The van der Waals surface area contributed by atoms with E-state index >= 15 is 0 Å². The summed E-state index contributed by atoms with van der Waals surface area (Å²) in [5.41, 5.74) is 1.53. The van der Waals surface area contributed by atoms with Gasteiger partial charge in [0.2, 0.25) is 5.16 Å². The quantitative estimate of drug-likeness (QED) is 0.518. The summed E-state index contributed by atoms with van der Waals surface area (Å²) in [5, 5.41) is 8.21. The first kappa shape index (κ1) is 13.9. The van der Waals surface area contributed by atoms with E-state index in [4.69, 9.17) is 5.84 Å². The first-order valence-corrected chi connectivity index (χ1v) is 7.04. The number of thioether (sulfide) groups is 1. The number of hydrogen-bond acceptors (Lipinski definition) is 6. The van der Waals surface area contributed by atoms with Crippen LogP contribution in [0.3, 0.4) is 0 Å². The van der Waals surface area contributed by atoms with Gasteiger partial charge in [-0.2, -0.15) is 0 Å². The normalized spacial score (nSPS) is 10.4. The molecule has 2 N–H and O–H groups in total. The maximum atomic E-state index is 11.4. The number of esters is 1. The van der Waals surface area contributed by atoms with Crippen LogP contribution in [0.15, 0.2) is 34.2 Å². The van der Waals surface area contributed by atoms with Gasteiger partial charge in [0.1, 0.15) is 6.33 Å². The van der Waals surface area contributed by atoms with E-state index in [-0.39, 0.29) is 5.97 Å². The standard InChI is InChI=1S/C11H11BrN4O2S/c1-18-10(17)7-2-3-8(9(12)4-7)5-19-11-15-14-6-16(11)13/h2-4,6H,5,13H2,1H3. The van der Waals surface area contributed by atoms with Gasteiger partial charge in [-0.25, -0.2) is 9.47 Å². The highest BCUT2D eigenvalue weighted by molar-refractivity contribution is 9.10. The van der Waals surface area contributed by atoms with Crippen molar-refractivity contribution >= 4 is 33.7 Å². The number of hydrogen-bond donors (Lipinski definition) is 1. The lowest BCUT2D eigenvalue weighted by Crippen LogP contribution is -2.07. The summed E-state index contributed by atoms with van der Waals surface area (Å²) in [6.07, 6.45) is 1.44. The van der Waals surface area contributed by atoms with Crippen LogP contribution in [-0.2, 0) is 10.5 Å². The molecule has 0 atom stereocenters. The molecule has 1 aromatic heterocycles. The predicted molar refractivity (Wildman–Crippen MR) is 75.2 cm³/mol. The molecule has 1 aromatic carbocycles. The molecule has 0 aliphatic rings. The van der Waals surface area contributed by atoms with Crippen LogP contribution in [0.25, 0.3) is 0 Å². The summed E-state index contributed by atoms with van der Waals surface area (Å²) >= 11 is 4.89. The van der Waals surface area contributed by atoms with Crippen LogP contribution < -0.4 is 5.84 Å². The fourth-order valence-electron chi connectivity index (χ4n) is 1.39. The molecule has 0 aliphatic heterocycles. The van der Waals surface area contributed by atoms with Gasteiger partial charge in [0.25, 0.3) is 0 Å². The zero-order chi connectivity index (χ0) is 13.8. The Hall–Kier alpha value is -1.54. The summed E-state index contributed by atoms with van der Waals surface area (Å²) < 4.78 is 6.86. The van der Waals surface area contributed by atoms with Crippen molar-refractivity contribution in [3.63, 3.8) is 0 Å². The van der Waals surface area contributed by atoms with Gasteiger partial charge < -0.3 is 10.6 Å². The molecule has 2 rings (SSSR count). The lowest BCUT2D eigenvalue weighted by Gasteiger charge is -2.06. The highest BCUT2D eigenvalue weighted by Gasteiger charge is 2.10. The number of rotatable bonds is 4. The number of halogens is 1. The summed E-state index contributed by atoms with van der Waals surface area (Å²) in [5.74, 6) is 5.93. The summed E-state index contributed by atoms with van der Waals surface area (Å²) in [7, 11) is 1.36. The maximum absolute atomic E-state index is 11.4. The summed E-state index contributed by atoms with van der Waals surface area (Å²) in [6.45, 7) is 0. The van der Waals surface area contributed by atoms with Crippen molar-refractivity contribution in [1.29, 1.82) is 0 Å². The number of aromatic nitrogens is 3. The first-order chi connectivity index (χ1) is 9.11. The molecule has 0 amide bonds. The average Bonchev–Trinajstić information content (AvgIpc) is 2.82. The topological polar surface area (TPSA) is 83.0 Å². The van der Waals surface area contributed by atoms with E-state index in [9.17, 15) is 4.79 Å². The van der Waals surface area contributed by atoms with Crippen LogP contribution in [-0.4, -0.2) is 28.0 Å².